The number of hydrogen-bond donors (Lipinski definition) is 1. The Bertz CT molecular complexity index is 184. The van der Waals surface area contributed by atoms with E-state index in [4.69, 9.17) is 10.5 Å². The Morgan fingerprint density at radius 2 is 2.13 bits per heavy atom. The summed E-state index contributed by atoms with van der Waals surface area (Å²) >= 11 is 0. The highest BCUT2D eigenvalue weighted by Crippen LogP contribution is 2.24. The molecule has 1 unspecified atom stereocenters. The maximum absolute atomic E-state index is 11.5. The van der Waals surface area contributed by atoms with Crippen LogP contribution in [-0.2, 0) is 9.53 Å². The molecular weight excluding hydrogens is 190 g/mol. The predicted octanol–water partition coefficient (Wildman–Crippen LogP) is 2.09. The number of hydrogen-bond acceptors (Lipinski definition) is 3. The molecular formula is C12H23NO2. The first kappa shape index (κ1) is 12.5. The first-order chi connectivity index (χ1) is 7.26. The number of carbonyl (C=O) groups excluding carboxylic acids is 1. The Labute approximate surface area is 92.4 Å². The lowest BCUT2D eigenvalue weighted by atomic mass is 10.0. The van der Waals surface area contributed by atoms with Crippen LogP contribution in [0.2, 0.25) is 0 Å². The van der Waals surface area contributed by atoms with Crippen molar-refractivity contribution in [1.82, 2.24) is 0 Å². The maximum Gasteiger partial charge on any atom is 0.306 e. The van der Waals surface area contributed by atoms with Crippen molar-refractivity contribution in [3.8, 4) is 0 Å². The SMILES string of the molecule is CCC(CN)CC(=O)OCC1CCCC1. The molecule has 0 aromatic heterocycles. The Balaban J connectivity index is 2.11. The monoisotopic (exact) mass is 213 g/mol. The Morgan fingerprint density at radius 3 is 2.67 bits per heavy atom. The molecule has 0 aromatic carbocycles. The summed E-state index contributed by atoms with van der Waals surface area (Å²) in [5, 5.41) is 0. The second-order valence-electron chi connectivity index (χ2n) is 4.55. The highest BCUT2D eigenvalue weighted by molar-refractivity contribution is 5.69. The summed E-state index contributed by atoms with van der Waals surface area (Å²) < 4.78 is 5.27. The zero-order valence-electron chi connectivity index (χ0n) is 9.71. The van der Waals surface area contributed by atoms with Gasteiger partial charge in [-0.1, -0.05) is 26.2 Å². The molecule has 1 rings (SSSR count). The summed E-state index contributed by atoms with van der Waals surface area (Å²) in [6.07, 6.45) is 6.47. The van der Waals surface area contributed by atoms with Crippen LogP contribution in [0.15, 0.2) is 0 Å². The molecule has 0 amide bonds. The van der Waals surface area contributed by atoms with Crippen LogP contribution in [0, 0.1) is 11.8 Å². The predicted molar refractivity (Wildman–Crippen MR) is 60.4 cm³/mol. The Hall–Kier alpha value is -0.570. The van der Waals surface area contributed by atoms with Gasteiger partial charge in [0, 0.05) is 6.42 Å². The van der Waals surface area contributed by atoms with Crippen LogP contribution in [0.1, 0.15) is 45.4 Å². The molecule has 1 aliphatic rings. The van der Waals surface area contributed by atoms with Gasteiger partial charge in [-0.25, -0.2) is 0 Å². The standard InChI is InChI=1S/C12H23NO2/c1-2-10(8-13)7-12(14)15-9-11-5-3-4-6-11/h10-11H,2-9,13H2,1H3. The fourth-order valence-corrected chi connectivity index (χ4v) is 2.08. The van der Waals surface area contributed by atoms with E-state index in [0.717, 1.165) is 6.42 Å². The van der Waals surface area contributed by atoms with Crippen LogP contribution in [0.25, 0.3) is 0 Å². The molecule has 1 fully saturated rings. The lowest BCUT2D eigenvalue weighted by molar-refractivity contribution is -0.146. The summed E-state index contributed by atoms with van der Waals surface area (Å²) in [6.45, 7) is 3.26. The molecule has 3 heteroatoms. The van der Waals surface area contributed by atoms with Gasteiger partial charge in [-0.15, -0.1) is 0 Å². The lowest BCUT2D eigenvalue weighted by Gasteiger charge is -2.13. The van der Waals surface area contributed by atoms with Crippen LogP contribution in [0.4, 0.5) is 0 Å². The number of nitrogens with two attached hydrogens (primary N) is 1. The summed E-state index contributed by atoms with van der Waals surface area (Å²) in [5.41, 5.74) is 5.54. The molecule has 0 bridgehead atoms. The van der Waals surface area contributed by atoms with E-state index in [0.29, 0.717) is 31.4 Å². The van der Waals surface area contributed by atoms with Gasteiger partial charge in [0.25, 0.3) is 0 Å². The largest absolute Gasteiger partial charge is 0.465 e. The summed E-state index contributed by atoms with van der Waals surface area (Å²) in [7, 11) is 0. The van der Waals surface area contributed by atoms with Crippen molar-refractivity contribution in [2.75, 3.05) is 13.2 Å². The molecule has 0 spiro atoms. The summed E-state index contributed by atoms with van der Waals surface area (Å²) in [5.74, 6) is 0.840. The normalized spacial score (nSPS) is 19.1. The first-order valence-corrected chi connectivity index (χ1v) is 6.12. The Kier molecular flexibility index (Phi) is 5.69. The van der Waals surface area contributed by atoms with Crippen LogP contribution in [0.3, 0.4) is 0 Å². The molecule has 15 heavy (non-hydrogen) atoms. The molecule has 1 saturated carbocycles. The fraction of sp³-hybridized carbons (Fsp3) is 0.917. The van der Waals surface area contributed by atoms with Crippen molar-refractivity contribution < 1.29 is 9.53 Å². The summed E-state index contributed by atoms with van der Waals surface area (Å²) in [4.78, 5) is 11.5. The van der Waals surface area contributed by atoms with Gasteiger partial charge in [0.05, 0.1) is 6.61 Å². The third-order valence-electron chi connectivity index (χ3n) is 3.32. The smallest absolute Gasteiger partial charge is 0.306 e. The highest BCUT2D eigenvalue weighted by atomic mass is 16.5. The van der Waals surface area contributed by atoms with Crippen molar-refractivity contribution in [3.63, 3.8) is 0 Å². The Morgan fingerprint density at radius 1 is 1.47 bits per heavy atom. The highest BCUT2D eigenvalue weighted by Gasteiger charge is 2.18. The zero-order valence-corrected chi connectivity index (χ0v) is 9.71. The van der Waals surface area contributed by atoms with Crippen LogP contribution in [0.5, 0.6) is 0 Å². The second kappa shape index (κ2) is 6.83. The van der Waals surface area contributed by atoms with Crippen LogP contribution < -0.4 is 5.73 Å². The maximum atomic E-state index is 11.5. The average Bonchev–Trinajstić information content (AvgIpc) is 2.75. The molecule has 2 N–H and O–H groups in total. The van der Waals surface area contributed by atoms with E-state index in [1.54, 1.807) is 0 Å². The summed E-state index contributed by atoms with van der Waals surface area (Å²) in [6, 6.07) is 0. The third kappa shape index (κ3) is 4.65. The van der Waals surface area contributed by atoms with Gasteiger partial charge in [-0.3, -0.25) is 4.79 Å². The van der Waals surface area contributed by atoms with Crippen molar-refractivity contribution in [3.05, 3.63) is 0 Å². The second-order valence-corrected chi connectivity index (χ2v) is 4.55. The van der Waals surface area contributed by atoms with Gasteiger partial charge in [0.2, 0.25) is 0 Å². The van der Waals surface area contributed by atoms with E-state index < -0.39 is 0 Å². The minimum absolute atomic E-state index is 0.0702. The van der Waals surface area contributed by atoms with Crippen molar-refractivity contribution in [2.45, 2.75) is 45.4 Å². The topological polar surface area (TPSA) is 52.3 Å². The quantitative estimate of drug-likeness (QED) is 0.687. The van der Waals surface area contributed by atoms with Crippen molar-refractivity contribution in [2.24, 2.45) is 17.6 Å². The molecule has 0 aliphatic heterocycles. The minimum atomic E-state index is -0.0702. The van der Waals surface area contributed by atoms with E-state index >= 15 is 0 Å². The van der Waals surface area contributed by atoms with Gasteiger partial charge >= 0.3 is 5.97 Å². The van der Waals surface area contributed by atoms with Crippen molar-refractivity contribution in [1.29, 1.82) is 0 Å². The van der Waals surface area contributed by atoms with E-state index in [1.165, 1.54) is 25.7 Å². The minimum Gasteiger partial charge on any atom is -0.465 e. The molecule has 88 valence electrons. The molecule has 0 heterocycles. The van der Waals surface area contributed by atoms with Gasteiger partial charge in [-0.05, 0) is 31.2 Å². The average molecular weight is 213 g/mol. The van der Waals surface area contributed by atoms with E-state index in [2.05, 4.69) is 6.92 Å². The van der Waals surface area contributed by atoms with Crippen molar-refractivity contribution >= 4 is 5.97 Å². The molecule has 0 radical (unpaired) electrons. The lowest BCUT2D eigenvalue weighted by Crippen LogP contribution is -2.20. The van der Waals surface area contributed by atoms with E-state index in [1.807, 2.05) is 0 Å². The van der Waals surface area contributed by atoms with E-state index in [9.17, 15) is 4.79 Å². The first-order valence-electron chi connectivity index (χ1n) is 6.12. The number of rotatable bonds is 6. The van der Waals surface area contributed by atoms with Gasteiger partial charge in [0.1, 0.15) is 0 Å². The molecule has 0 saturated heterocycles. The van der Waals surface area contributed by atoms with E-state index in [-0.39, 0.29) is 5.97 Å². The van der Waals surface area contributed by atoms with Gasteiger partial charge in [0.15, 0.2) is 0 Å². The van der Waals surface area contributed by atoms with Crippen LogP contribution >= 0.6 is 0 Å². The van der Waals surface area contributed by atoms with Crippen LogP contribution in [-0.4, -0.2) is 19.1 Å². The van der Waals surface area contributed by atoms with Gasteiger partial charge in [-0.2, -0.15) is 0 Å². The zero-order chi connectivity index (χ0) is 11.1. The number of carbonyl (C=O) groups is 1. The molecule has 3 nitrogen and oxygen atoms in total. The molecule has 1 atom stereocenters. The molecule has 1 aliphatic carbocycles. The third-order valence-corrected chi connectivity index (χ3v) is 3.32. The fourth-order valence-electron chi connectivity index (χ4n) is 2.08. The number of ether oxygens (including phenoxy) is 1. The number of esters is 1. The molecule has 0 aromatic rings. The van der Waals surface area contributed by atoms with Gasteiger partial charge < -0.3 is 10.5 Å².